The van der Waals surface area contributed by atoms with Crippen LogP contribution in [0.5, 0.6) is 0 Å². The van der Waals surface area contributed by atoms with Crippen LogP contribution in [0.3, 0.4) is 0 Å². The molecule has 2 N–H and O–H groups in total. The van der Waals surface area contributed by atoms with E-state index in [2.05, 4.69) is 4.72 Å². The molecule has 0 aromatic heterocycles. The molecule has 160 valence electrons. The molecule has 1 aliphatic heterocycles. The molecule has 1 heterocycles. The Bertz CT molecular complexity index is 1020. The van der Waals surface area contributed by atoms with Crippen molar-refractivity contribution < 1.29 is 9.90 Å². The van der Waals surface area contributed by atoms with Crippen molar-refractivity contribution in [2.75, 3.05) is 17.8 Å². The molecule has 4 rings (SSSR count). The van der Waals surface area contributed by atoms with Crippen molar-refractivity contribution in [3.63, 3.8) is 0 Å². The molecule has 1 aliphatic rings. The zero-order valence-corrected chi connectivity index (χ0v) is 18.7. The van der Waals surface area contributed by atoms with Gasteiger partial charge < -0.3 is 14.7 Å². The zero-order chi connectivity index (χ0) is 21.7. The highest BCUT2D eigenvalue weighted by Crippen LogP contribution is 2.28. The van der Waals surface area contributed by atoms with Gasteiger partial charge in [-0.3, -0.25) is 4.79 Å². The number of carbonyl (C=O) groups excluding carboxylic acids is 1. The first-order valence-electron chi connectivity index (χ1n) is 10.3. The summed E-state index contributed by atoms with van der Waals surface area (Å²) in [6, 6.07) is 25.2. The quantitative estimate of drug-likeness (QED) is 0.473. The number of aliphatic hydroxyl groups is 1. The van der Waals surface area contributed by atoms with E-state index in [1.54, 1.807) is 0 Å². The highest BCUT2D eigenvalue weighted by molar-refractivity contribution is 8.00. The Balaban J connectivity index is 1.30. The Kier molecular flexibility index (Phi) is 6.86. The normalized spacial score (nSPS) is 15.5. The summed E-state index contributed by atoms with van der Waals surface area (Å²) in [7, 11) is 0. The summed E-state index contributed by atoms with van der Waals surface area (Å²) in [5.74, 6) is 0.0100. The van der Waals surface area contributed by atoms with E-state index < -0.39 is 5.60 Å². The van der Waals surface area contributed by atoms with Crippen molar-refractivity contribution in [2.45, 2.75) is 29.8 Å². The van der Waals surface area contributed by atoms with Gasteiger partial charge in [-0.1, -0.05) is 48.0 Å². The molecule has 0 aliphatic carbocycles. The molecule has 3 aromatic carbocycles. The zero-order valence-electron chi connectivity index (χ0n) is 17.1. The van der Waals surface area contributed by atoms with Crippen LogP contribution in [0, 0.1) is 0 Å². The second-order valence-corrected chi connectivity index (χ2v) is 9.23. The minimum absolute atomic E-state index is 0.0100. The van der Waals surface area contributed by atoms with Crippen LogP contribution >= 0.6 is 23.5 Å². The first-order chi connectivity index (χ1) is 15.0. The fourth-order valence-corrected chi connectivity index (χ4v) is 4.75. The molecule has 0 radical (unpaired) electrons. The molecule has 4 nitrogen and oxygen atoms in total. The van der Waals surface area contributed by atoms with E-state index in [0.29, 0.717) is 42.9 Å². The SMILES string of the molecule is O=C(c1ccc(NSc2cccc(Cl)c2)cc1)N1CCC(O)(Cc2ccccc2)CC1. The summed E-state index contributed by atoms with van der Waals surface area (Å²) < 4.78 is 3.27. The fraction of sp³-hybridized carbons (Fsp3) is 0.240. The molecule has 6 heteroatoms. The number of carbonyl (C=O) groups is 1. The maximum atomic E-state index is 12.9. The number of likely N-dealkylation sites (tertiary alicyclic amines) is 1. The number of hydrogen-bond donors (Lipinski definition) is 2. The first kappa shape index (κ1) is 21.8. The summed E-state index contributed by atoms with van der Waals surface area (Å²) in [6.07, 6.45) is 1.80. The third-order valence-corrected chi connectivity index (χ3v) is 6.63. The summed E-state index contributed by atoms with van der Waals surface area (Å²) in [5.41, 5.74) is 1.96. The van der Waals surface area contributed by atoms with Gasteiger partial charge >= 0.3 is 0 Å². The van der Waals surface area contributed by atoms with Crippen molar-refractivity contribution in [3.05, 3.63) is 95.0 Å². The number of benzene rings is 3. The molecule has 0 saturated carbocycles. The van der Waals surface area contributed by atoms with E-state index in [4.69, 9.17) is 11.6 Å². The predicted molar refractivity (Wildman–Crippen MR) is 128 cm³/mol. The van der Waals surface area contributed by atoms with Crippen molar-refractivity contribution in [3.8, 4) is 0 Å². The second kappa shape index (κ2) is 9.77. The molecule has 0 spiro atoms. The smallest absolute Gasteiger partial charge is 0.253 e. The van der Waals surface area contributed by atoms with Crippen molar-refractivity contribution >= 4 is 35.1 Å². The molecule has 1 saturated heterocycles. The molecule has 0 atom stereocenters. The number of nitrogens with one attached hydrogen (secondary N) is 1. The molecular weight excluding hydrogens is 428 g/mol. The van der Waals surface area contributed by atoms with Gasteiger partial charge in [-0.2, -0.15) is 0 Å². The second-order valence-electron chi connectivity index (χ2n) is 7.92. The van der Waals surface area contributed by atoms with Gasteiger partial charge in [0, 0.05) is 40.7 Å². The predicted octanol–water partition coefficient (Wildman–Crippen LogP) is 5.67. The summed E-state index contributed by atoms with van der Waals surface area (Å²) in [4.78, 5) is 15.8. The van der Waals surface area contributed by atoms with Crippen LogP contribution in [0.15, 0.2) is 83.8 Å². The van der Waals surface area contributed by atoms with Gasteiger partial charge in [0.25, 0.3) is 5.91 Å². The van der Waals surface area contributed by atoms with Gasteiger partial charge in [0.2, 0.25) is 0 Å². The van der Waals surface area contributed by atoms with Gasteiger partial charge in [-0.25, -0.2) is 0 Å². The maximum Gasteiger partial charge on any atom is 0.253 e. The van der Waals surface area contributed by atoms with E-state index in [9.17, 15) is 9.90 Å². The molecule has 3 aromatic rings. The van der Waals surface area contributed by atoms with Gasteiger partial charge in [0.1, 0.15) is 0 Å². The average molecular weight is 453 g/mol. The van der Waals surface area contributed by atoms with Crippen LogP contribution in [-0.2, 0) is 6.42 Å². The lowest BCUT2D eigenvalue weighted by molar-refractivity contribution is -0.0162. The number of anilines is 1. The maximum absolute atomic E-state index is 12.9. The number of piperidine rings is 1. The molecule has 31 heavy (non-hydrogen) atoms. The van der Waals surface area contributed by atoms with Crippen LogP contribution in [-0.4, -0.2) is 34.6 Å². The summed E-state index contributed by atoms with van der Waals surface area (Å²) in [6.45, 7) is 1.12. The Hall–Kier alpha value is -2.47. The van der Waals surface area contributed by atoms with Gasteiger partial charge in [0.05, 0.1) is 5.60 Å². The standard InChI is InChI=1S/C25H25ClN2O2S/c26-21-7-4-8-23(17-21)31-27-22-11-9-20(10-12-22)24(29)28-15-13-25(30,14-16-28)18-19-5-2-1-3-6-19/h1-12,17,27,30H,13-16,18H2. The van der Waals surface area contributed by atoms with Crippen LogP contribution in [0.2, 0.25) is 5.02 Å². The Morgan fingerprint density at radius 3 is 2.39 bits per heavy atom. The minimum Gasteiger partial charge on any atom is -0.389 e. The summed E-state index contributed by atoms with van der Waals surface area (Å²) in [5, 5.41) is 11.6. The highest BCUT2D eigenvalue weighted by Gasteiger charge is 2.34. The van der Waals surface area contributed by atoms with E-state index in [-0.39, 0.29) is 5.91 Å². The molecule has 0 bridgehead atoms. The first-order valence-corrected chi connectivity index (χ1v) is 11.5. The van der Waals surface area contributed by atoms with E-state index in [0.717, 1.165) is 16.1 Å². The number of nitrogens with zero attached hydrogens (tertiary/aromatic N) is 1. The molecular formula is C25H25ClN2O2S. The number of halogens is 1. The third-order valence-electron chi connectivity index (χ3n) is 5.57. The molecule has 1 amide bonds. The van der Waals surface area contributed by atoms with E-state index >= 15 is 0 Å². The highest BCUT2D eigenvalue weighted by atomic mass is 35.5. The van der Waals surface area contributed by atoms with Crippen molar-refractivity contribution in [1.82, 2.24) is 4.90 Å². The van der Waals surface area contributed by atoms with E-state index in [1.165, 1.54) is 11.9 Å². The van der Waals surface area contributed by atoms with E-state index in [1.807, 2.05) is 83.8 Å². The van der Waals surface area contributed by atoms with Crippen LogP contribution in [0.25, 0.3) is 0 Å². The van der Waals surface area contributed by atoms with Gasteiger partial charge in [0.15, 0.2) is 0 Å². The van der Waals surface area contributed by atoms with Crippen LogP contribution in [0.1, 0.15) is 28.8 Å². The number of rotatable bonds is 6. The number of hydrogen-bond acceptors (Lipinski definition) is 4. The lowest BCUT2D eigenvalue weighted by atomic mass is 9.85. The topological polar surface area (TPSA) is 52.6 Å². The van der Waals surface area contributed by atoms with Crippen molar-refractivity contribution in [2.24, 2.45) is 0 Å². The molecule has 1 fully saturated rings. The largest absolute Gasteiger partial charge is 0.389 e. The minimum atomic E-state index is -0.747. The van der Waals surface area contributed by atoms with Gasteiger partial charge in [-0.15, -0.1) is 0 Å². The van der Waals surface area contributed by atoms with Crippen LogP contribution < -0.4 is 4.72 Å². The monoisotopic (exact) mass is 452 g/mol. The van der Waals surface area contributed by atoms with Crippen molar-refractivity contribution in [1.29, 1.82) is 0 Å². The Morgan fingerprint density at radius 2 is 1.71 bits per heavy atom. The number of amides is 1. The summed E-state index contributed by atoms with van der Waals surface area (Å²) >= 11 is 7.49. The lowest BCUT2D eigenvalue weighted by Gasteiger charge is -2.38. The van der Waals surface area contributed by atoms with Crippen LogP contribution in [0.4, 0.5) is 5.69 Å². The lowest BCUT2D eigenvalue weighted by Crippen LogP contribution is -2.47. The third kappa shape index (κ3) is 5.82. The average Bonchev–Trinajstić information content (AvgIpc) is 2.79. The Morgan fingerprint density at radius 1 is 1.00 bits per heavy atom. The van der Waals surface area contributed by atoms with Gasteiger partial charge in [-0.05, 0) is 72.8 Å². The Labute approximate surface area is 192 Å². The fourth-order valence-electron chi connectivity index (χ4n) is 3.79. The molecule has 0 unspecified atom stereocenters.